The van der Waals surface area contributed by atoms with Crippen LogP contribution in [0.4, 0.5) is 6.01 Å². The van der Waals surface area contributed by atoms with Gasteiger partial charge < -0.3 is 14.1 Å². The lowest BCUT2D eigenvalue weighted by Gasteiger charge is -2.32. The third-order valence-corrected chi connectivity index (χ3v) is 5.24. The van der Waals surface area contributed by atoms with E-state index in [0.29, 0.717) is 6.01 Å². The zero-order chi connectivity index (χ0) is 18.8. The summed E-state index contributed by atoms with van der Waals surface area (Å²) in [5, 5.41) is 0. The van der Waals surface area contributed by atoms with Crippen molar-refractivity contribution in [3.8, 4) is 0 Å². The van der Waals surface area contributed by atoms with E-state index < -0.39 is 0 Å². The van der Waals surface area contributed by atoms with Crippen LogP contribution in [0.25, 0.3) is 11.1 Å². The van der Waals surface area contributed by atoms with E-state index in [-0.39, 0.29) is 18.6 Å². The molecule has 4 rings (SSSR count). The number of esters is 1. The molecular weight excluding hydrogens is 340 g/mol. The Morgan fingerprint density at radius 1 is 1.19 bits per heavy atom. The van der Waals surface area contributed by atoms with E-state index in [1.54, 1.807) is 0 Å². The Morgan fingerprint density at radius 3 is 2.78 bits per heavy atom. The minimum absolute atomic E-state index is 0.215. The Hall–Kier alpha value is -2.82. The number of oxazole rings is 1. The molecule has 2 heterocycles. The number of piperidine rings is 1. The monoisotopic (exact) mass is 364 g/mol. The molecule has 0 bridgehead atoms. The number of carbonyl (C=O) groups excluding carboxylic acids is 1. The molecule has 1 atom stereocenters. The third kappa shape index (κ3) is 3.68. The fourth-order valence-electron chi connectivity index (χ4n) is 3.52. The van der Waals surface area contributed by atoms with Crippen molar-refractivity contribution in [2.45, 2.75) is 45.8 Å². The van der Waals surface area contributed by atoms with E-state index in [4.69, 9.17) is 9.15 Å². The zero-order valence-electron chi connectivity index (χ0n) is 15.8. The second-order valence-corrected chi connectivity index (χ2v) is 7.20. The Balaban J connectivity index is 1.54. The summed E-state index contributed by atoms with van der Waals surface area (Å²) in [5.41, 5.74) is 4.92. The first kappa shape index (κ1) is 17.6. The quantitative estimate of drug-likeness (QED) is 0.636. The number of anilines is 1. The molecule has 0 spiro atoms. The third-order valence-electron chi connectivity index (χ3n) is 5.24. The highest BCUT2D eigenvalue weighted by Gasteiger charge is 2.33. The average Bonchev–Trinajstić information content (AvgIpc) is 3.10. The van der Waals surface area contributed by atoms with Gasteiger partial charge in [-0.1, -0.05) is 30.3 Å². The lowest BCUT2D eigenvalue weighted by Crippen LogP contribution is -2.45. The second kappa shape index (κ2) is 7.43. The van der Waals surface area contributed by atoms with E-state index in [9.17, 15) is 4.79 Å². The SMILES string of the molecule is Cc1cc2nc(N3CCCCC3C(=O)OCc3ccccc3)oc2cc1C. The normalized spacial score (nSPS) is 17.3. The number of hydrogen-bond acceptors (Lipinski definition) is 5. The van der Waals surface area contributed by atoms with Crippen LogP contribution in [-0.4, -0.2) is 23.5 Å². The van der Waals surface area contributed by atoms with Gasteiger partial charge in [0.05, 0.1) is 0 Å². The van der Waals surface area contributed by atoms with Crippen molar-refractivity contribution in [1.82, 2.24) is 4.98 Å². The van der Waals surface area contributed by atoms with Crippen LogP contribution in [0.15, 0.2) is 46.9 Å². The number of aromatic nitrogens is 1. The van der Waals surface area contributed by atoms with Gasteiger partial charge in [-0.05, 0) is 61.9 Å². The minimum Gasteiger partial charge on any atom is -0.459 e. The summed E-state index contributed by atoms with van der Waals surface area (Å²) in [5.74, 6) is -0.215. The van der Waals surface area contributed by atoms with Crippen LogP contribution in [0.1, 0.15) is 36.0 Å². The standard InChI is InChI=1S/C22H24N2O3/c1-15-12-18-20(13-16(15)2)27-22(23-18)24-11-7-6-10-19(24)21(25)26-14-17-8-4-3-5-9-17/h3-5,8-9,12-13,19H,6-7,10-11,14H2,1-2H3. The molecule has 1 aliphatic rings. The lowest BCUT2D eigenvalue weighted by molar-refractivity contribution is -0.147. The topological polar surface area (TPSA) is 55.6 Å². The van der Waals surface area contributed by atoms with Crippen LogP contribution in [0.2, 0.25) is 0 Å². The molecule has 1 unspecified atom stereocenters. The van der Waals surface area contributed by atoms with Gasteiger partial charge in [-0.3, -0.25) is 0 Å². The summed E-state index contributed by atoms with van der Waals surface area (Å²) < 4.78 is 11.6. The fraction of sp³-hybridized carbons (Fsp3) is 0.364. The number of ether oxygens (including phenoxy) is 1. The Bertz CT molecular complexity index is 910. The van der Waals surface area contributed by atoms with Gasteiger partial charge in [0.2, 0.25) is 0 Å². The average molecular weight is 364 g/mol. The van der Waals surface area contributed by atoms with Gasteiger partial charge in [-0.15, -0.1) is 0 Å². The molecule has 1 aliphatic heterocycles. The van der Waals surface area contributed by atoms with E-state index in [2.05, 4.69) is 18.8 Å². The molecule has 0 N–H and O–H groups in total. The highest BCUT2D eigenvalue weighted by molar-refractivity contribution is 5.81. The van der Waals surface area contributed by atoms with Gasteiger partial charge in [0.25, 0.3) is 6.01 Å². The Morgan fingerprint density at radius 2 is 1.96 bits per heavy atom. The maximum absolute atomic E-state index is 12.7. The second-order valence-electron chi connectivity index (χ2n) is 7.20. The summed E-state index contributed by atoms with van der Waals surface area (Å²) in [4.78, 5) is 19.3. The molecule has 5 heteroatoms. The van der Waals surface area contributed by atoms with Crippen LogP contribution in [0.3, 0.4) is 0 Å². The predicted octanol–water partition coefficient (Wildman–Crippen LogP) is 4.55. The smallest absolute Gasteiger partial charge is 0.329 e. The van der Waals surface area contributed by atoms with Gasteiger partial charge in [-0.2, -0.15) is 4.98 Å². The van der Waals surface area contributed by atoms with Gasteiger partial charge in [0, 0.05) is 6.54 Å². The van der Waals surface area contributed by atoms with E-state index in [1.165, 1.54) is 11.1 Å². The molecule has 1 fully saturated rings. The fourth-order valence-corrected chi connectivity index (χ4v) is 3.52. The van der Waals surface area contributed by atoms with Crippen molar-refractivity contribution >= 4 is 23.1 Å². The molecule has 27 heavy (non-hydrogen) atoms. The molecule has 0 aliphatic carbocycles. The van der Waals surface area contributed by atoms with Crippen LogP contribution < -0.4 is 4.90 Å². The molecule has 1 aromatic heterocycles. The van der Waals surface area contributed by atoms with Crippen LogP contribution in [0.5, 0.6) is 0 Å². The molecule has 0 amide bonds. The van der Waals surface area contributed by atoms with Gasteiger partial charge >= 0.3 is 5.97 Å². The zero-order valence-corrected chi connectivity index (χ0v) is 15.8. The largest absolute Gasteiger partial charge is 0.459 e. The van der Waals surface area contributed by atoms with Crippen molar-refractivity contribution in [3.05, 3.63) is 59.2 Å². The van der Waals surface area contributed by atoms with E-state index in [1.807, 2.05) is 47.4 Å². The molecule has 2 aromatic carbocycles. The van der Waals surface area contributed by atoms with Crippen molar-refractivity contribution in [3.63, 3.8) is 0 Å². The van der Waals surface area contributed by atoms with E-state index >= 15 is 0 Å². The first-order valence-corrected chi connectivity index (χ1v) is 9.47. The number of fused-ring (bicyclic) bond motifs is 1. The molecular formula is C22H24N2O3. The number of hydrogen-bond donors (Lipinski definition) is 0. The minimum atomic E-state index is -0.349. The van der Waals surface area contributed by atoms with Crippen LogP contribution in [-0.2, 0) is 16.1 Å². The van der Waals surface area contributed by atoms with E-state index in [0.717, 1.165) is 42.5 Å². The highest BCUT2D eigenvalue weighted by Crippen LogP contribution is 2.29. The number of carbonyl (C=O) groups is 1. The molecule has 0 saturated carbocycles. The maximum atomic E-state index is 12.7. The van der Waals surface area contributed by atoms with Crippen LogP contribution >= 0.6 is 0 Å². The van der Waals surface area contributed by atoms with Crippen molar-refractivity contribution in [2.24, 2.45) is 0 Å². The molecule has 0 radical (unpaired) electrons. The predicted molar refractivity (Wildman–Crippen MR) is 105 cm³/mol. The van der Waals surface area contributed by atoms with Crippen molar-refractivity contribution < 1.29 is 13.9 Å². The van der Waals surface area contributed by atoms with Crippen molar-refractivity contribution in [1.29, 1.82) is 0 Å². The number of rotatable bonds is 4. The number of nitrogens with zero attached hydrogens (tertiary/aromatic N) is 2. The Labute approximate surface area is 158 Å². The van der Waals surface area contributed by atoms with Gasteiger partial charge in [0.15, 0.2) is 5.58 Å². The summed E-state index contributed by atoms with van der Waals surface area (Å²) in [6, 6.07) is 13.9. The molecule has 5 nitrogen and oxygen atoms in total. The van der Waals surface area contributed by atoms with Gasteiger partial charge in [-0.25, -0.2) is 4.79 Å². The molecule has 140 valence electrons. The number of benzene rings is 2. The summed E-state index contributed by atoms with van der Waals surface area (Å²) in [6.45, 7) is 5.15. The number of aryl methyl sites for hydroxylation is 2. The first-order valence-electron chi connectivity index (χ1n) is 9.47. The summed E-state index contributed by atoms with van der Waals surface area (Å²) in [6.07, 6.45) is 2.77. The van der Waals surface area contributed by atoms with Crippen LogP contribution in [0, 0.1) is 13.8 Å². The Kier molecular flexibility index (Phi) is 4.84. The highest BCUT2D eigenvalue weighted by atomic mass is 16.5. The first-order chi connectivity index (χ1) is 13.1. The summed E-state index contributed by atoms with van der Waals surface area (Å²) in [7, 11) is 0. The molecule has 1 saturated heterocycles. The lowest BCUT2D eigenvalue weighted by atomic mass is 10.0. The van der Waals surface area contributed by atoms with Gasteiger partial charge in [0.1, 0.15) is 18.2 Å². The molecule has 3 aromatic rings. The van der Waals surface area contributed by atoms with Crippen molar-refractivity contribution in [2.75, 3.05) is 11.4 Å². The summed E-state index contributed by atoms with van der Waals surface area (Å²) >= 11 is 0. The maximum Gasteiger partial charge on any atom is 0.329 e.